The average Bonchev–Trinajstić information content (AvgIpc) is 3.15. The summed E-state index contributed by atoms with van der Waals surface area (Å²) in [5, 5.41) is 14.0. The highest BCUT2D eigenvalue weighted by Gasteiger charge is 2.19. The molecule has 3 aromatic rings. The molecule has 4 nitrogen and oxygen atoms in total. The predicted molar refractivity (Wildman–Crippen MR) is 151 cm³/mol. The molecule has 3 rings (SSSR count). The van der Waals surface area contributed by atoms with Crippen molar-refractivity contribution in [2.24, 2.45) is 5.92 Å². The third-order valence-electron chi connectivity index (χ3n) is 6.48. The van der Waals surface area contributed by atoms with Gasteiger partial charge in [0.1, 0.15) is 0 Å². The fraction of sp³-hybridized carbons (Fsp3) is 0.393. The summed E-state index contributed by atoms with van der Waals surface area (Å²) in [6, 6.07) is 13.8. The van der Waals surface area contributed by atoms with Gasteiger partial charge in [0.2, 0.25) is 0 Å². The van der Waals surface area contributed by atoms with Gasteiger partial charge in [-0.2, -0.15) is 5.10 Å². The van der Waals surface area contributed by atoms with E-state index in [0.717, 1.165) is 67.1 Å². The van der Waals surface area contributed by atoms with Gasteiger partial charge < -0.3 is 10.6 Å². The van der Waals surface area contributed by atoms with Crippen molar-refractivity contribution < 1.29 is 0 Å². The smallest absolute Gasteiger partial charge is 0.0840 e. The number of nitrogens with zero attached hydrogens (tertiary/aromatic N) is 2. The summed E-state index contributed by atoms with van der Waals surface area (Å²) in [7, 11) is 0. The zero-order valence-electron chi connectivity index (χ0n) is 20.8. The van der Waals surface area contributed by atoms with E-state index in [0.29, 0.717) is 27.0 Å². The van der Waals surface area contributed by atoms with Gasteiger partial charge in [-0.25, -0.2) is 4.68 Å². The first kappa shape index (κ1) is 27.8. The fourth-order valence-corrected chi connectivity index (χ4v) is 4.99. The van der Waals surface area contributed by atoms with Gasteiger partial charge >= 0.3 is 0 Å². The summed E-state index contributed by atoms with van der Waals surface area (Å²) in [5.74, 6) is 0.630. The van der Waals surface area contributed by atoms with E-state index in [1.165, 1.54) is 0 Å². The van der Waals surface area contributed by atoms with Crippen molar-refractivity contribution >= 4 is 34.8 Å². The molecule has 0 bridgehead atoms. The Balaban J connectivity index is 1.70. The van der Waals surface area contributed by atoms with Crippen LogP contribution in [0.15, 0.2) is 55.1 Å². The normalized spacial score (nSPS) is 13.1. The summed E-state index contributed by atoms with van der Waals surface area (Å²) < 4.78 is 1.92. The van der Waals surface area contributed by atoms with E-state index in [1.807, 2.05) is 47.2 Å². The number of hydrogen-bond donors (Lipinski definition) is 2. The molecule has 2 atom stereocenters. The van der Waals surface area contributed by atoms with Crippen LogP contribution in [0.1, 0.15) is 37.9 Å². The van der Waals surface area contributed by atoms with E-state index in [1.54, 1.807) is 6.07 Å². The number of benzene rings is 2. The second-order valence-corrected chi connectivity index (χ2v) is 10.2. The van der Waals surface area contributed by atoms with Crippen LogP contribution in [0.3, 0.4) is 0 Å². The van der Waals surface area contributed by atoms with E-state index in [-0.39, 0.29) is 0 Å². The molecule has 0 saturated carbocycles. The Bertz CT molecular complexity index is 1110. The number of hydrogen-bond acceptors (Lipinski definition) is 3. The van der Waals surface area contributed by atoms with Gasteiger partial charge in [-0.05, 0) is 62.1 Å². The largest absolute Gasteiger partial charge is 0.315 e. The molecule has 0 aliphatic carbocycles. The SMILES string of the molecule is C=CCC(CC)C(C)NCCNCCc1nn(-c2ccc(Cl)cc2Cl)c(-c2ccc(Cl)cc2)c1C. The zero-order chi connectivity index (χ0) is 25.4. The highest BCUT2D eigenvalue weighted by Crippen LogP contribution is 2.33. The maximum Gasteiger partial charge on any atom is 0.0840 e. The molecule has 0 aliphatic heterocycles. The van der Waals surface area contributed by atoms with Crippen molar-refractivity contribution in [1.82, 2.24) is 20.4 Å². The number of halogens is 3. The van der Waals surface area contributed by atoms with Gasteiger partial charge in [0.25, 0.3) is 0 Å². The van der Waals surface area contributed by atoms with Crippen LogP contribution in [0.25, 0.3) is 16.9 Å². The number of aromatic nitrogens is 2. The fourth-order valence-electron chi connectivity index (χ4n) is 4.38. The van der Waals surface area contributed by atoms with E-state index in [9.17, 15) is 0 Å². The van der Waals surface area contributed by atoms with Crippen molar-refractivity contribution in [3.8, 4) is 16.9 Å². The summed E-state index contributed by atoms with van der Waals surface area (Å²) in [5.41, 5.74) is 5.00. The molecule has 2 unspecified atom stereocenters. The minimum atomic E-state index is 0.476. The summed E-state index contributed by atoms with van der Waals surface area (Å²) in [6.45, 7) is 13.2. The van der Waals surface area contributed by atoms with Crippen LogP contribution >= 0.6 is 34.8 Å². The standard InChI is InChI=1S/C28H35Cl3N4/c1-5-7-21(6-2)20(4)33-17-16-32-15-14-26-19(3)28(22-8-10-23(29)11-9-22)35(34-26)27-13-12-24(30)18-25(27)31/h5,8-13,18,20-21,32-33H,1,6-7,14-17H2,2-4H3. The van der Waals surface area contributed by atoms with Gasteiger partial charge in [0.15, 0.2) is 0 Å². The van der Waals surface area contributed by atoms with Crippen LogP contribution < -0.4 is 10.6 Å². The van der Waals surface area contributed by atoms with Gasteiger partial charge in [-0.3, -0.25) is 0 Å². The minimum absolute atomic E-state index is 0.476. The van der Waals surface area contributed by atoms with Crippen LogP contribution in [0, 0.1) is 12.8 Å². The van der Waals surface area contributed by atoms with Gasteiger partial charge in [0.05, 0.1) is 22.1 Å². The lowest BCUT2D eigenvalue weighted by molar-refractivity contribution is 0.366. The van der Waals surface area contributed by atoms with E-state index in [2.05, 4.69) is 38.0 Å². The second-order valence-electron chi connectivity index (χ2n) is 8.87. The van der Waals surface area contributed by atoms with E-state index >= 15 is 0 Å². The maximum atomic E-state index is 6.56. The Labute approximate surface area is 224 Å². The predicted octanol–water partition coefficient (Wildman–Crippen LogP) is 7.52. The molecule has 0 fully saturated rings. The van der Waals surface area contributed by atoms with E-state index in [4.69, 9.17) is 39.9 Å². The average molecular weight is 534 g/mol. The molecule has 188 valence electrons. The van der Waals surface area contributed by atoms with Crippen LogP contribution in [0.5, 0.6) is 0 Å². The molecule has 7 heteroatoms. The van der Waals surface area contributed by atoms with Crippen molar-refractivity contribution in [3.05, 3.63) is 81.4 Å². The number of nitrogens with one attached hydrogen (secondary N) is 2. The van der Waals surface area contributed by atoms with E-state index < -0.39 is 0 Å². The van der Waals surface area contributed by atoms with Crippen LogP contribution in [0.2, 0.25) is 15.1 Å². The molecule has 1 aromatic heterocycles. The number of rotatable bonds is 13. The van der Waals surface area contributed by atoms with Crippen molar-refractivity contribution in [1.29, 1.82) is 0 Å². The third-order valence-corrected chi connectivity index (χ3v) is 7.27. The molecule has 0 amide bonds. The van der Waals surface area contributed by atoms with Crippen molar-refractivity contribution in [3.63, 3.8) is 0 Å². The van der Waals surface area contributed by atoms with Gasteiger partial charge in [-0.15, -0.1) is 6.58 Å². The molecule has 2 aromatic carbocycles. The highest BCUT2D eigenvalue weighted by atomic mass is 35.5. The van der Waals surface area contributed by atoms with Gasteiger partial charge in [-0.1, -0.05) is 66.4 Å². The Morgan fingerprint density at radius 1 is 1.03 bits per heavy atom. The third kappa shape index (κ3) is 7.34. The number of allylic oxidation sites excluding steroid dienone is 1. The lowest BCUT2D eigenvalue weighted by atomic mass is 9.95. The molecule has 0 aliphatic rings. The van der Waals surface area contributed by atoms with Crippen LogP contribution in [0.4, 0.5) is 0 Å². The Morgan fingerprint density at radius 2 is 1.74 bits per heavy atom. The monoisotopic (exact) mass is 532 g/mol. The summed E-state index contributed by atoms with van der Waals surface area (Å²) in [6.07, 6.45) is 5.03. The van der Waals surface area contributed by atoms with Crippen molar-refractivity contribution in [2.75, 3.05) is 19.6 Å². The Hall–Kier alpha value is -1.82. The highest BCUT2D eigenvalue weighted by molar-refractivity contribution is 6.35. The molecular weight excluding hydrogens is 499 g/mol. The first-order chi connectivity index (χ1) is 16.8. The molecule has 35 heavy (non-hydrogen) atoms. The molecule has 2 N–H and O–H groups in total. The minimum Gasteiger partial charge on any atom is -0.315 e. The quantitative estimate of drug-likeness (QED) is 0.176. The molecule has 0 radical (unpaired) electrons. The molecule has 0 spiro atoms. The molecule has 0 saturated heterocycles. The first-order valence-electron chi connectivity index (χ1n) is 12.2. The Morgan fingerprint density at radius 3 is 2.40 bits per heavy atom. The molecular formula is C28H35Cl3N4. The van der Waals surface area contributed by atoms with Gasteiger partial charge in [0, 0.05) is 47.7 Å². The summed E-state index contributed by atoms with van der Waals surface area (Å²) in [4.78, 5) is 0. The maximum absolute atomic E-state index is 6.56. The van der Waals surface area contributed by atoms with Crippen LogP contribution in [-0.2, 0) is 6.42 Å². The van der Waals surface area contributed by atoms with Crippen LogP contribution in [-0.4, -0.2) is 35.5 Å². The zero-order valence-corrected chi connectivity index (χ0v) is 23.0. The lowest BCUT2D eigenvalue weighted by Gasteiger charge is -2.22. The van der Waals surface area contributed by atoms with Crippen molar-refractivity contribution in [2.45, 2.75) is 46.1 Å². The Kier molecular flexibility index (Phi) is 10.7. The topological polar surface area (TPSA) is 41.9 Å². The first-order valence-corrected chi connectivity index (χ1v) is 13.3. The second kappa shape index (κ2) is 13.5. The summed E-state index contributed by atoms with van der Waals surface area (Å²) >= 11 is 18.8. The molecule has 1 heterocycles. The lowest BCUT2D eigenvalue weighted by Crippen LogP contribution is -2.38.